The maximum absolute atomic E-state index is 13.3. The first-order valence-corrected chi connectivity index (χ1v) is 11.7. The molecule has 10 heteroatoms. The third-order valence-electron chi connectivity index (χ3n) is 5.91. The molecule has 1 aliphatic rings. The lowest BCUT2D eigenvalue weighted by Crippen LogP contribution is -2.36. The molecule has 0 radical (unpaired) electrons. The third kappa shape index (κ3) is 3.80. The molecule has 1 atom stereocenters. The third-order valence-corrected chi connectivity index (χ3v) is 6.83. The lowest BCUT2D eigenvalue weighted by Gasteiger charge is -2.23. The Hall–Kier alpha value is -3.53. The van der Waals surface area contributed by atoms with Crippen molar-refractivity contribution in [1.82, 2.24) is 19.6 Å². The molecule has 170 valence electrons. The van der Waals surface area contributed by atoms with Crippen molar-refractivity contribution in [2.45, 2.75) is 32.2 Å². The van der Waals surface area contributed by atoms with Gasteiger partial charge in [-0.2, -0.15) is 4.52 Å². The molecule has 5 rings (SSSR count). The molecular formula is C23H23FN6O2S. The summed E-state index contributed by atoms with van der Waals surface area (Å²) in [5.74, 6) is 0.297. The molecule has 0 bridgehead atoms. The molecule has 33 heavy (non-hydrogen) atoms. The Morgan fingerprint density at radius 3 is 2.76 bits per heavy atom. The highest BCUT2D eigenvalue weighted by Gasteiger charge is 2.32. The van der Waals surface area contributed by atoms with E-state index >= 15 is 0 Å². The summed E-state index contributed by atoms with van der Waals surface area (Å²) in [6.07, 6.45) is 2.13. The lowest BCUT2D eigenvalue weighted by atomic mass is 10.2. The monoisotopic (exact) mass is 466 g/mol. The van der Waals surface area contributed by atoms with Crippen molar-refractivity contribution in [3.63, 3.8) is 0 Å². The van der Waals surface area contributed by atoms with Crippen LogP contribution in [0.3, 0.4) is 0 Å². The van der Waals surface area contributed by atoms with Crippen LogP contribution in [0.15, 0.2) is 41.8 Å². The van der Waals surface area contributed by atoms with E-state index in [9.17, 15) is 14.3 Å². The molecule has 1 aromatic carbocycles. The normalized spacial score (nSPS) is 16.0. The molecule has 1 fully saturated rings. The molecule has 4 aromatic rings. The van der Waals surface area contributed by atoms with Gasteiger partial charge in [0.15, 0.2) is 16.6 Å². The number of rotatable bonds is 6. The number of carbonyl (C=O) groups is 1. The van der Waals surface area contributed by atoms with Crippen LogP contribution >= 0.6 is 11.3 Å². The summed E-state index contributed by atoms with van der Waals surface area (Å²) in [6.45, 7) is 2.69. The summed E-state index contributed by atoms with van der Waals surface area (Å²) in [7, 11) is 1.92. The second kappa shape index (κ2) is 8.43. The van der Waals surface area contributed by atoms with Gasteiger partial charge in [-0.1, -0.05) is 6.92 Å². The van der Waals surface area contributed by atoms with Crippen LogP contribution in [-0.4, -0.2) is 50.3 Å². The fraction of sp³-hybridized carbons (Fsp3) is 0.304. The maximum Gasteiger partial charge on any atom is 0.326 e. The van der Waals surface area contributed by atoms with Crippen LogP contribution < -0.4 is 9.80 Å². The van der Waals surface area contributed by atoms with Gasteiger partial charge < -0.3 is 14.9 Å². The highest BCUT2D eigenvalue weighted by atomic mass is 32.1. The van der Waals surface area contributed by atoms with Crippen LogP contribution in [-0.2, 0) is 11.2 Å². The van der Waals surface area contributed by atoms with Crippen LogP contribution in [0.4, 0.5) is 21.2 Å². The molecule has 0 spiro atoms. The van der Waals surface area contributed by atoms with Crippen LogP contribution in [0.5, 0.6) is 0 Å². The van der Waals surface area contributed by atoms with Gasteiger partial charge in [0.05, 0.1) is 11.4 Å². The Bertz CT molecular complexity index is 1320. The van der Waals surface area contributed by atoms with Crippen LogP contribution in [0, 0.1) is 5.82 Å². The average Bonchev–Trinajstić information content (AvgIpc) is 3.56. The first-order chi connectivity index (χ1) is 16.0. The Morgan fingerprint density at radius 1 is 1.24 bits per heavy atom. The minimum Gasteiger partial charge on any atom is -0.480 e. The molecule has 1 aliphatic heterocycles. The van der Waals surface area contributed by atoms with Gasteiger partial charge in [0, 0.05) is 24.5 Å². The van der Waals surface area contributed by atoms with Gasteiger partial charge in [0.1, 0.15) is 17.7 Å². The van der Waals surface area contributed by atoms with Crippen LogP contribution in [0.25, 0.3) is 16.9 Å². The number of aromatic nitrogens is 4. The summed E-state index contributed by atoms with van der Waals surface area (Å²) in [4.78, 5) is 24.9. The maximum atomic E-state index is 13.3. The molecule has 3 aromatic heterocycles. The highest BCUT2D eigenvalue weighted by molar-refractivity contribution is 7.14. The second-order valence-electron chi connectivity index (χ2n) is 7.97. The number of benzene rings is 1. The van der Waals surface area contributed by atoms with E-state index in [2.05, 4.69) is 0 Å². The number of aryl methyl sites for hydroxylation is 1. The number of anilines is 3. The molecule has 0 saturated carbocycles. The highest BCUT2D eigenvalue weighted by Crippen LogP contribution is 2.34. The zero-order valence-corrected chi connectivity index (χ0v) is 19.1. The summed E-state index contributed by atoms with van der Waals surface area (Å²) in [5.41, 5.74) is 3.18. The van der Waals surface area contributed by atoms with Gasteiger partial charge in [-0.25, -0.2) is 19.2 Å². The van der Waals surface area contributed by atoms with Crippen molar-refractivity contribution in [2.75, 3.05) is 23.4 Å². The predicted octanol–water partition coefficient (Wildman–Crippen LogP) is 4.38. The van der Waals surface area contributed by atoms with Crippen molar-refractivity contribution in [3.05, 3.63) is 53.3 Å². The quantitative estimate of drug-likeness (QED) is 0.451. The number of nitrogens with zero attached hydrogens (tertiary/aromatic N) is 6. The number of halogens is 1. The van der Waals surface area contributed by atoms with Crippen molar-refractivity contribution >= 4 is 39.7 Å². The Kier molecular flexibility index (Phi) is 5.45. The van der Waals surface area contributed by atoms with Crippen LogP contribution in [0.1, 0.15) is 25.5 Å². The van der Waals surface area contributed by atoms with E-state index in [1.807, 2.05) is 41.3 Å². The molecule has 1 N–H and O–H groups in total. The van der Waals surface area contributed by atoms with Gasteiger partial charge in [-0.15, -0.1) is 16.4 Å². The molecule has 1 unspecified atom stereocenters. The molecule has 4 heterocycles. The minimum atomic E-state index is -0.831. The zero-order valence-electron chi connectivity index (χ0n) is 18.3. The summed E-state index contributed by atoms with van der Waals surface area (Å²) >= 11 is 1.48. The zero-order chi connectivity index (χ0) is 23.1. The molecule has 8 nitrogen and oxygen atoms in total. The second-order valence-corrected chi connectivity index (χ2v) is 8.80. The van der Waals surface area contributed by atoms with Crippen molar-refractivity contribution in [1.29, 1.82) is 0 Å². The Balaban J connectivity index is 1.54. The fourth-order valence-corrected chi connectivity index (χ4v) is 5.04. The summed E-state index contributed by atoms with van der Waals surface area (Å²) in [5, 5.41) is 17.1. The van der Waals surface area contributed by atoms with E-state index < -0.39 is 12.0 Å². The van der Waals surface area contributed by atoms with Crippen molar-refractivity contribution < 1.29 is 14.3 Å². The Morgan fingerprint density at radius 2 is 2.03 bits per heavy atom. The largest absolute Gasteiger partial charge is 0.480 e. The van der Waals surface area contributed by atoms with E-state index in [1.54, 1.807) is 16.6 Å². The minimum absolute atomic E-state index is 0.283. The number of hydrogen-bond acceptors (Lipinski definition) is 7. The number of aliphatic carboxylic acids is 1. The van der Waals surface area contributed by atoms with Gasteiger partial charge in [-0.05, 0) is 55.7 Å². The predicted molar refractivity (Wildman–Crippen MR) is 126 cm³/mol. The fourth-order valence-electron chi connectivity index (χ4n) is 4.24. The van der Waals surface area contributed by atoms with Gasteiger partial charge in [-0.3, -0.25) is 0 Å². The number of hydrogen-bond donors (Lipinski definition) is 1. The van der Waals surface area contributed by atoms with E-state index in [1.165, 1.54) is 23.5 Å². The summed E-state index contributed by atoms with van der Waals surface area (Å²) in [6, 6.07) is 9.41. The SMILES string of the molecule is CCc1nc2ccc(N3CCCC3C(=O)O)nn2c1N(C)c1nc(-c2ccc(F)cc2)cs1. The lowest BCUT2D eigenvalue weighted by molar-refractivity contribution is -0.138. The van der Waals surface area contributed by atoms with Crippen molar-refractivity contribution in [2.24, 2.45) is 0 Å². The first kappa shape index (κ1) is 21.3. The van der Waals surface area contributed by atoms with Crippen LogP contribution in [0.2, 0.25) is 0 Å². The average molecular weight is 467 g/mol. The number of imidazole rings is 1. The number of carboxylic acid groups (broad SMARTS) is 1. The summed E-state index contributed by atoms with van der Waals surface area (Å²) < 4.78 is 15.1. The smallest absolute Gasteiger partial charge is 0.326 e. The van der Waals surface area contributed by atoms with E-state index in [-0.39, 0.29) is 5.82 Å². The number of fused-ring (bicyclic) bond motifs is 1. The molecule has 1 saturated heterocycles. The Labute approximate surface area is 193 Å². The topological polar surface area (TPSA) is 86.9 Å². The number of thiazole rings is 1. The molecule has 0 amide bonds. The van der Waals surface area contributed by atoms with Crippen molar-refractivity contribution in [3.8, 4) is 11.3 Å². The number of carboxylic acids is 1. The van der Waals surface area contributed by atoms with Gasteiger partial charge >= 0.3 is 5.97 Å². The standard InChI is InChI=1S/C23H23FN6O2S/c1-3-16-21(28(2)23-26-17(13-33-23)14-6-8-15(24)9-7-14)30-19(25-16)10-11-20(27-30)29-12-4-5-18(29)22(31)32/h6-11,13,18H,3-5,12H2,1-2H3,(H,31,32). The van der Waals surface area contributed by atoms with Gasteiger partial charge in [0.2, 0.25) is 0 Å². The van der Waals surface area contributed by atoms with Gasteiger partial charge in [0.25, 0.3) is 0 Å². The molecule has 0 aliphatic carbocycles. The molecular weight excluding hydrogens is 443 g/mol. The first-order valence-electron chi connectivity index (χ1n) is 10.8. The van der Waals surface area contributed by atoms with E-state index in [4.69, 9.17) is 15.1 Å². The van der Waals surface area contributed by atoms with E-state index in [0.717, 1.165) is 34.3 Å². The van der Waals surface area contributed by atoms with E-state index in [0.29, 0.717) is 30.9 Å².